The Hall–Kier alpha value is -0.340. The Morgan fingerprint density at radius 3 is 2.69 bits per heavy atom. The molecule has 1 aromatic carbocycles. The molecule has 2 N–H and O–H groups in total. The van der Waals surface area contributed by atoms with Crippen LogP contribution in [-0.2, 0) is 5.54 Å². The first-order valence-electron chi connectivity index (χ1n) is 4.65. The Bertz CT molecular complexity index is 316. The number of benzene rings is 1. The first kappa shape index (κ1) is 9.22. The monoisotopic (exact) mass is 239 g/mol. The molecule has 0 spiro atoms. The molecule has 70 valence electrons. The van der Waals surface area contributed by atoms with Crippen molar-refractivity contribution in [2.24, 2.45) is 11.7 Å². The van der Waals surface area contributed by atoms with Gasteiger partial charge in [-0.25, -0.2) is 0 Å². The van der Waals surface area contributed by atoms with Crippen LogP contribution >= 0.6 is 15.9 Å². The van der Waals surface area contributed by atoms with E-state index >= 15 is 0 Å². The van der Waals surface area contributed by atoms with E-state index in [9.17, 15) is 0 Å². The van der Waals surface area contributed by atoms with E-state index in [1.165, 1.54) is 18.4 Å². The maximum Gasteiger partial charge on any atom is 0.0410 e. The summed E-state index contributed by atoms with van der Waals surface area (Å²) in [4.78, 5) is 0. The molecular weight excluding hydrogens is 226 g/mol. The molecule has 2 rings (SSSR count). The second kappa shape index (κ2) is 3.10. The molecule has 1 nitrogen and oxygen atoms in total. The Balaban J connectivity index is 2.33. The smallest absolute Gasteiger partial charge is 0.0410 e. The summed E-state index contributed by atoms with van der Waals surface area (Å²) in [6.45, 7) is 2.13. The minimum Gasteiger partial charge on any atom is -0.321 e. The van der Waals surface area contributed by atoms with Gasteiger partial charge in [0.05, 0.1) is 0 Å². The zero-order valence-electron chi connectivity index (χ0n) is 7.76. The summed E-state index contributed by atoms with van der Waals surface area (Å²) in [5.41, 5.74) is 7.40. The van der Waals surface area contributed by atoms with Gasteiger partial charge in [-0.15, -0.1) is 0 Å². The SMILES string of the molecule is CC(N)(c1cccc(Br)c1)C1CC1. The van der Waals surface area contributed by atoms with Crippen molar-refractivity contribution in [2.75, 3.05) is 0 Å². The average molecular weight is 240 g/mol. The third kappa shape index (κ3) is 1.79. The summed E-state index contributed by atoms with van der Waals surface area (Å²) in [6.07, 6.45) is 2.55. The summed E-state index contributed by atoms with van der Waals surface area (Å²) in [5.74, 6) is 0.682. The Morgan fingerprint density at radius 2 is 2.15 bits per heavy atom. The van der Waals surface area contributed by atoms with Gasteiger partial charge >= 0.3 is 0 Å². The lowest BCUT2D eigenvalue weighted by molar-refractivity contribution is 0.427. The average Bonchev–Trinajstić information content (AvgIpc) is 2.86. The molecule has 1 fully saturated rings. The van der Waals surface area contributed by atoms with Crippen LogP contribution in [0.15, 0.2) is 28.7 Å². The van der Waals surface area contributed by atoms with Crippen LogP contribution in [0.5, 0.6) is 0 Å². The van der Waals surface area contributed by atoms with E-state index in [2.05, 4.69) is 35.0 Å². The number of hydrogen-bond donors (Lipinski definition) is 1. The lowest BCUT2D eigenvalue weighted by Crippen LogP contribution is -2.35. The van der Waals surface area contributed by atoms with Gasteiger partial charge in [0.2, 0.25) is 0 Å². The molecule has 0 radical (unpaired) electrons. The predicted molar refractivity (Wildman–Crippen MR) is 58.4 cm³/mol. The molecule has 1 unspecified atom stereocenters. The van der Waals surface area contributed by atoms with Crippen LogP contribution in [0.25, 0.3) is 0 Å². The highest BCUT2D eigenvalue weighted by Gasteiger charge is 2.39. The first-order chi connectivity index (χ1) is 6.10. The Labute approximate surface area is 87.5 Å². The summed E-state index contributed by atoms with van der Waals surface area (Å²) < 4.78 is 1.11. The lowest BCUT2D eigenvalue weighted by atomic mass is 9.88. The van der Waals surface area contributed by atoms with Crippen molar-refractivity contribution >= 4 is 15.9 Å². The van der Waals surface area contributed by atoms with Gasteiger partial charge in [0.25, 0.3) is 0 Å². The van der Waals surface area contributed by atoms with Crippen LogP contribution < -0.4 is 5.73 Å². The third-order valence-electron chi connectivity index (χ3n) is 2.87. The van der Waals surface area contributed by atoms with Crippen LogP contribution in [0.3, 0.4) is 0 Å². The summed E-state index contributed by atoms with van der Waals surface area (Å²) in [7, 11) is 0. The molecule has 0 aliphatic heterocycles. The highest BCUT2D eigenvalue weighted by Crippen LogP contribution is 2.43. The predicted octanol–water partition coefficient (Wildman–Crippen LogP) is 3.03. The van der Waals surface area contributed by atoms with Crippen molar-refractivity contribution in [3.63, 3.8) is 0 Å². The first-order valence-corrected chi connectivity index (χ1v) is 5.45. The molecule has 1 aliphatic carbocycles. The fraction of sp³-hybridized carbons (Fsp3) is 0.455. The van der Waals surface area contributed by atoms with Crippen molar-refractivity contribution in [1.29, 1.82) is 0 Å². The molecule has 2 heteroatoms. The fourth-order valence-electron chi connectivity index (χ4n) is 1.74. The van der Waals surface area contributed by atoms with Crippen LogP contribution in [0.2, 0.25) is 0 Å². The minimum atomic E-state index is -0.135. The van der Waals surface area contributed by atoms with Gasteiger partial charge in [-0.05, 0) is 43.4 Å². The molecule has 1 aromatic rings. The zero-order valence-corrected chi connectivity index (χ0v) is 9.34. The molecule has 13 heavy (non-hydrogen) atoms. The van der Waals surface area contributed by atoms with E-state index in [0.29, 0.717) is 5.92 Å². The van der Waals surface area contributed by atoms with Gasteiger partial charge < -0.3 is 5.73 Å². The van der Waals surface area contributed by atoms with E-state index in [1.807, 2.05) is 12.1 Å². The lowest BCUT2D eigenvalue weighted by Gasteiger charge is -2.25. The third-order valence-corrected chi connectivity index (χ3v) is 3.37. The summed E-state index contributed by atoms with van der Waals surface area (Å²) in [6, 6.07) is 8.32. The second-order valence-electron chi connectivity index (χ2n) is 4.07. The maximum atomic E-state index is 6.29. The van der Waals surface area contributed by atoms with E-state index in [-0.39, 0.29) is 5.54 Å². The van der Waals surface area contributed by atoms with Crippen molar-refractivity contribution in [3.8, 4) is 0 Å². The van der Waals surface area contributed by atoms with Crippen molar-refractivity contribution in [1.82, 2.24) is 0 Å². The highest BCUT2D eigenvalue weighted by atomic mass is 79.9. The van der Waals surface area contributed by atoms with Gasteiger partial charge in [-0.1, -0.05) is 28.1 Å². The Kier molecular flexibility index (Phi) is 2.20. The van der Waals surface area contributed by atoms with Gasteiger partial charge in [-0.3, -0.25) is 0 Å². The number of rotatable bonds is 2. The van der Waals surface area contributed by atoms with E-state index in [4.69, 9.17) is 5.73 Å². The zero-order chi connectivity index (χ0) is 9.47. The van der Waals surface area contributed by atoms with Gasteiger partial charge in [0.15, 0.2) is 0 Å². The quantitative estimate of drug-likeness (QED) is 0.844. The van der Waals surface area contributed by atoms with Gasteiger partial charge in [-0.2, -0.15) is 0 Å². The molecule has 1 aliphatic rings. The number of halogens is 1. The molecule has 0 bridgehead atoms. The topological polar surface area (TPSA) is 26.0 Å². The molecular formula is C11H14BrN. The van der Waals surface area contributed by atoms with Crippen LogP contribution in [0.1, 0.15) is 25.3 Å². The summed E-state index contributed by atoms with van der Waals surface area (Å²) >= 11 is 3.47. The molecule has 1 saturated carbocycles. The normalized spacial score (nSPS) is 21.2. The van der Waals surface area contributed by atoms with Crippen LogP contribution in [-0.4, -0.2) is 0 Å². The number of nitrogens with two attached hydrogens (primary N) is 1. The van der Waals surface area contributed by atoms with Crippen LogP contribution in [0, 0.1) is 5.92 Å². The summed E-state index contributed by atoms with van der Waals surface area (Å²) in [5, 5.41) is 0. The Morgan fingerprint density at radius 1 is 1.46 bits per heavy atom. The molecule has 0 amide bonds. The minimum absolute atomic E-state index is 0.135. The second-order valence-corrected chi connectivity index (χ2v) is 4.98. The molecule has 1 atom stereocenters. The standard InChI is InChI=1S/C11H14BrN/c1-11(13,8-5-6-8)9-3-2-4-10(12)7-9/h2-4,7-8H,5-6,13H2,1H3. The van der Waals surface area contributed by atoms with Crippen molar-refractivity contribution < 1.29 is 0 Å². The van der Waals surface area contributed by atoms with E-state index in [1.54, 1.807) is 0 Å². The van der Waals surface area contributed by atoms with Crippen LogP contribution in [0.4, 0.5) is 0 Å². The van der Waals surface area contributed by atoms with Crippen molar-refractivity contribution in [2.45, 2.75) is 25.3 Å². The van der Waals surface area contributed by atoms with Gasteiger partial charge in [0, 0.05) is 10.0 Å². The highest BCUT2D eigenvalue weighted by molar-refractivity contribution is 9.10. The number of hydrogen-bond acceptors (Lipinski definition) is 1. The molecule has 0 aromatic heterocycles. The maximum absolute atomic E-state index is 6.29. The van der Waals surface area contributed by atoms with E-state index < -0.39 is 0 Å². The molecule has 0 heterocycles. The molecule has 0 saturated heterocycles. The van der Waals surface area contributed by atoms with Crippen molar-refractivity contribution in [3.05, 3.63) is 34.3 Å². The fourth-order valence-corrected chi connectivity index (χ4v) is 2.14. The van der Waals surface area contributed by atoms with Gasteiger partial charge in [0.1, 0.15) is 0 Å². The van der Waals surface area contributed by atoms with E-state index in [0.717, 1.165) is 4.47 Å². The largest absolute Gasteiger partial charge is 0.321 e.